The van der Waals surface area contributed by atoms with Crippen molar-refractivity contribution in [3.05, 3.63) is 0 Å². The Bertz CT molecular complexity index is 582. The van der Waals surface area contributed by atoms with Crippen molar-refractivity contribution in [1.29, 1.82) is 0 Å². The Hall–Kier alpha value is -2.77. The molecule has 13 nitrogen and oxygen atoms in total. The third-order valence-electron chi connectivity index (χ3n) is 3.41. The Morgan fingerprint density at radius 2 is 1.44 bits per heavy atom. The van der Waals surface area contributed by atoms with E-state index in [1.807, 2.05) is 5.32 Å². The first-order valence-electron chi connectivity index (χ1n) is 7.87. The summed E-state index contributed by atoms with van der Waals surface area (Å²) in [5.74, 6) is -5.22. The molecular formula is C14H25N5O8. The molecule has 5 atom stereocenters. The van der Waals surface area contributed by atoms with Crippen LogP contribution in [0.15, 0.2) is 0 Å². The number of aliphatic carboxylic acids is 1. The van der Waals surface area contributed by atoms with Gasteiger partial charge in [-0.25, -0.2) is 4.79 Å². The molecule has 0 bridgehead atoms. The molecule has 0 aliphatic carbocycles. The standard InChI is InChI=1S/C14H25N5O8/c1-5(11(23)18-7(14(26)27)3-9(15)22)17-12(24)8(4-20)19-13(25)10(16)6(2)21/h5-8,10,20-21H,3-4,16H2,1-2H3,(H2,15,22)(H,17,24)(H,18,23)(H,19,25)(H,26,27). The molecule has 0 aromatic carbocycles. The van der Waals surface area contributed by atoms with Crippen molar-refractivity contribution in [2.75, 3.05) is 6.61 Å². The predicted molar refractivity (Wildman–Crippen MR) is 89.7 cm³/mol. The van der Waals surface area contributed by atoms with Crippen molar-refractivity contribution in [3.63, 3.8) is 0 Å². The Labute approximate surface area is 154 Å². The van der Waals surface area contributed by atoms with E-state index in [0.717, 1.165) is 0 Å². The summed E-state index contributed by atoms with van der Waals surface area (Å²) in [4.78, 5) is 57.5. The number of rotatable bonds is 11. The molecule has 27 heavy (non-hydrogen) atoms. The average Bonchev–Trinajstić information content (AvgIpc) is 2.56. The number of amides is 4. The molecule has 0 saturated carbocycles. The third kappa shape index (κ3) is 8.44. The predicted octanol–water partition coefficient (Wildman–Crippen LogP) is -4.88. The minimum absolute atomic E-state index is 0.645. The molecule has 0 fully saturated rings. The first-order chi connectivity index (χ1) is 12.4. The summed E-state index contributed by atoms with van der Waals surface area (Å²) < 4.78 is 0. The highest BCUT2D eigenvalue weighted by molar-refractivity contribution is 5.94. The molecule has 13 heteroatoms. The molecule has 0 spiro atoms. The molecule has 0 rings (SSSR count). The number of primary amides is 1. The Morgan fingerprint density at radius 1 is 0.926 bits per heavy atom. The quantitative estimate of drug-likeness (QED) is 0.168. The van der Waals surface area contributed by atoms with Crippen molar-refractivity contribution in [3.8, 4) is 0 Å². The summed E-state index contributed by atoms with van der Waals surface area (Å²) in [6.45, 7) is 1.65. The lowest BCUT2D eigenvalue weighted by Crippen LogP contribution is -2.58. The van der Waals surface area contributed by atoms with Crippen molar-refractivity contribution >= 4 is 29.6 Å². The van der Waals surface area contributed by atoms with E-state index in [-0.39, 0.29) is 0 Å². The summed E-state index contributed by atoms with van der Waals surface area (Å²) in [6, 6.07) is -5.63. The summed E-state index contributed by atoms with van der Waals surface area (Å²) in [5, 5.41) is 33.7. The first kappa shape index (κ1) is 24.2. The second-order valence-electron chi connectivity index (χ2n) is 5.81. The topological polar surface area (TPSA) is 234 Å². The van der Waals surface area contributed by atoms with E-state index >= 15 is 0 Å². The van der Waals surface area contributed by atoms with Gasteiger partial charge in [-0.05, 0) is 13.8 Å². The highest BCUT2D eigenvalue weighted by Crippen LogP contribution is 1.96. The molecule has 10 N–H and O–H groups in total. The van der Waals surface area contributed by atoms with Gasteiger partial charge >= 0.3 is 5.97 Å². The lowest BCUT2D eigenvalue weighted by Gasteiger charge is -2.22. The fourth-order valence-corrected chi connectivity index (χ4v) is 1.76. The van der Waals surface area contributed by atoms with E-state index in [4.69, 9.17) is 16.6 Å². The van der Waals surface area contributed by atoms with Gasteiger partial charge in [0.2, 0.25) is 23.6 Å². The molecule has 5 unspecified atom stereocenters. The van der Waals surface area contributed by atoms with Crippen LogP contribution in [-0.2, 0) is 24.0 Å². The third-order valence-corrected chi connectivity index (χ3v) is 3.41. The van der Waals surface area contributed by atoms with Crippen LogP contribution in [0.5, 0.6) is 0 Å². The number of carboxylic acids is 1. The number of carbonyl (C=O) groups excluding carboxylic acids is 4. The Morgan fingerprint density at radius 3 is 1.85 bits per heavy atom. The van der Waals surface area contributed by atoms with Crippen LogP contribution in [0.2, 0.25) is 0 Å². The average molecular weight is 391 g/mol. The van der Waals surface area contributed by atoms with Crippen LogP contribution in [0.1, 0.15) is 20.3 Å². The Kier molecular flexibility index (Phi) is 9.92. The minimum Gasteiger partial charge on any atom is -0.480 e. The fraction of sp³-hybridized carbons (Fsp3) is 0.643. The maximum Gasteiger partial charge on any atom is 0.326 e. The van der Waals surface area contributed by atoms with Crippen molar-refractivity contribution < 1.29 is 39.3 Å². The number of nitrogens with two attached hydrogens (primary N) is 2. The molecule has 0 aliphatic heterocycles. The summed E-state index contributed by atoms with van der Waals surface area (Å²) in [5.41, 5.74) is 10.3. The number of carboxylic acid groups (broad SMARTS) is 1. The maximum absolute atomic E-state index is 12.1. The van der Waals surface area contributed by atoms with Crippen LogP contribution in [0.4, 0.5) is 0 Å². The van der Waals surface area contributed by atoms with Gasteiger partial charge in [-0.3, -0.25) is 19.2 Å². The molecule has 154 valence electrons. The Balaban J connectivity index is 4.84. The molecule has 0 aromatic rings. The van der Waals surface area contributed by atoms with Crippen LogP contribution in [0.3, 0.4) is 0 Å². The van der Waals surface area contributed by atoms with Crippen LogP contribution < -0.4 is 27.4 Å². The van der Waals surface area contributed by atoms with Gasteiger partial charge in [0.05, 0.1) is 19.1 Å². The minimum atomic E-state index is -1.58. The molecular weight excluding hydrogens is 366 g/mol. The van der Waals surface area contributed by atoms with E-state index < -0.39 is 72.9 Å². The second-order valence-corrected chi connectivity index (χ2v) is 5.81. The van der Waals surface area contributed by atoms with Gasteiger partial charge < -0.3 is 42.7 Å². The monoisotopic (exact) mass is 391 g/mol. The summed E-state index contributed by atoms with van der Waals surface area (Å²) in [7, 11) is 0. The highest BCUT2D eigenvalue weighted by atomic mass is 16.4. The molecule has 0 radical (unpaired) electrons. The number of aliphatic hydroxyl groups excluding tert-OH is 2. The number of hydrogen-bond acceptors (Lipinski definition) is 8. The molecule has 0 aromatic heterocycles. The van der Waals surface area contributed by atoms with Crippen molar-refractivity contribution in [2.45, 2.75) is 50.5 Å². The van der Waals surface area contributed by atoms with Gasteiger partial charge in [0.1, 0.15) is 24.2 Å². The largest absolute Gasteiger partial charge is 0.480 e. The normalized spacial score (nSPS) is 16.2. The number of nitrogens with one attached hydrogen (secondary N) is 3. The van der Waals surface area contributed by atoms with E-state index in [0.29, 0.717) is 0 Å². The smallest absolute Gasteiger partial charge is 0.326 e. The van der Waals surface area contributed by atoms with Crippen LogP contribution in [-0.4, -0.2) is 81.8 Å². The summed E-state index contributed by atoms with van der Waals surface area (Å²) in [6.07, 6.45) is -1.84. The van der Waals surface area contributed by atoms with E-state index in [1.54, 1.807) is 0 Å². The van der Waals surface area contributed by atoms with Gasteiger partial charge in [0.15, 0.2) is 0 Å². The zero-order valence-corrected chi connectivity index (χ0v) is 14.8. The summed E-state index contributed by atoms with van der Waals surface area (Å²) >= 11 is 0. The molecule has 0 aliphatic rings. The number of hydrogen-bond donors (Lipinski definition) is 8. The molecule has 0 heterocycles. The van der Waals surface area contributed by atoms with Gasteiger partial charge in [-0.15, -0.1) is 0 Å². The fourth-order valence-electron chi connectivity index (χ4n) is 1.76. The van der Waals surface area contributed by atoms with Crippen LogP contribution in [0, 0.1) is 0 Å². The number of carbonyl (C=O) groups is 5. The first-order valence-corrected chi connectivity index (χ1v) is 7.87. The van der Waals surface area contributed by atoms with Gasteiger partial charge in [-0.1, -0.05) is 0 Å². The van der Waals surface area contributed by atoms with Crippen molar-refractivity contribution in [2.24, 2.45) is 11.5 Å². The van der Waals surface area contributed by atoms with Gasteiger partial charge in [-0.2, -0.15) is 0 Å². The second kappa shape index (κ2) is 11.1. The van der Waals surface area contributed by atoms with Gasteiger partial charge in [0, 0.05) is 0 Å². The van der Waals surface area contributed by atoms with E-state index in [1.165, 1.54) is 13.8 Å². The maximum atomic E-state index is 12.1. The van der Waals surface area contributed by atoms with E-state index in [9.17, 15) is 34.2 Å². The SMILES string of the molecule is CC(NC(=O)C(CO)NC(=O)C(N)C(C)O)C(=O)NC(CC(N)=O)C(=O)O. The lowest BCUT2D eigenvalue weighted by atomic mass is 10.1. The molecule has 4 amide bonds. The zero-order chi connectivity index (χ0) is 21.3. The highest BCUT2D eigenvalue weighted by Gasteiger charge is 2.29. The van der Waals surface area contributed by atoms with E-state index in [2.05, 4.69) is 10.6 Å². The van der Waals surface area contributed by atoms with Crippen LogP contribution in [0.25, 0.3) is 0 Å². The lowest BCUT2D eigenvalue weighted by molar-refractivity contribution is -0.143. The molecule has 0 saturated heterocycles. The number of aliphatic hydroxyl groups is 2. The van der Waals surface area contributed by atoms with Gasteiger partial charge in [0.25, 0.3) is 0 Å². The van der Waals surface area contributed by atoms with Crippen molar-refractivity contribution in [1.82, 2.24) is 16.0 Å². The van der Waals surface area contributed by atoms with Crippen LogP contribution >= 0.6 is 0 Å². The zero-order valence-electron chi connectivity index (χ0n) is 14.8.